The van der Waals surface area contributed by atoms with E-state index >= 15 is 0 Å². The van der Waals surface area contributed by atoms with Gasteiger partial charge in [-0.3, -0.25) is 58.1 Å². The maximum Gasteiger partial charge on any atom is 0.183 e. The van der Waals surface area contributed by atoms with Crippen LogP contribution in [0.1, 0.15) is 0 Å². The first-order valence-electron chi connectivity index (χ1n) is 20.8. The summed E-state index contributed by atoms with van der Waals surface area (Å²) in [5.41, 5.74) is 8.50. The summed E-state index contributed by atoms with van der Waals surface area (Å²) in [6.07, 6.45) is 29.5. The second-order valence-corrected chi connectivity index (χ2v) is 15.9. The van der Waals surface area contributed by atoms with Crippen molar-refractivity contribution < 1.29 is 4.42 Å². The number of pyridine rings is 10. The molecule has 0 aliphatic heterocycles. The molecule has 0 amide bonds. The van der Waals surface area contributed by atoms with Crippen LogP contribution in [0.3, 0.4) is 0 Å². The van der Waals surface area contributed by atoms with Gasteiger partial charge in [0.05, 0.1) is 44.1 Å². The van der Waals surface area contributed by atoms with E-state index in [-0.39, 0.29) is 0 Å². The van der Waals surface area contributed by atoms with Gasteiger partial charge < -0.3 is 4.42 Å². The van der Waals surface area contributed by atoms with Crippen LogP contribution >= 0.6 is 0 Å². The van der Waals surface area contributed by atoms with Crippen molar-refractivity contribution >= 4 is 109 Å². The molecule has 15 aromatic heterocycles. The Kier molecular flexibility index (Phi) is 6.59. The highest BCUT2D eigenvalue weighted by atomic mass is 16.3. The predicted octanol–water partition coefficient (Wildman–Crippen LogP) is 9.92. The minimum Gasteiger partial charge on any atom is -0.448 e. The number of hydrogen-bond acceptors (Lipinski definition) is 11. The maximum absolute atomic E-state index is 7.36. The second kappa shape index (κ2) is 12.5. The van der Waals surface area contributed by atoms with Crippen molar-refractivity contribution in [3.8, 4) is 23.3 Å². The summed E-state index contributed by atoms with van der Waals surface area (Å²) in [4.78, 5) is 47.4. The highest BCUT2D eigenvalue weighted by Gasteiger charge is 2.27. The molecule has 0 N–H and O–H groups in total. The van der Waals surface area contributed by atoms with E-state index in [0.29, 0.717) is 34.4 Å². The third-order valence-corrected chi connectivity index (χ3v) is 12.7. The molecule has 0 saturated heterocycles. The first-order valence-corrected chi connectivity index (χ1v) is 20.8. The van der Waals surface area contributed by atoms with E-state index in [2.05, 4.69) is 70.3 Å². The molecule has 15 aromatic rings. The molecule has 0 atom stereocenters. The van der Waals surface area contributed by atoms with E-state index in [0.717, 1.165) is 98.0 Å². The van der Waals surface area contributed by atoms with E-state index in [9.17, 15) is 0 Å². The molecule has 0 bridgehead atoms. The van der Waals surface area contributed by atoms with Crippen LogP contribution in [0, 0.1) is 0 Å². The molecule has 65 heavy (non-hydrogen) atoms. The van der Waals surface area contributed by atoms with E-state index in [1.807, 2.05) is 123 Å². The normalized spacial score (nSPS) is 12.3. The number of aromatic nitrogens is 14. The van der Waals surface area contributed by atoms with Crippen LogP contribution in [0.4, 0.5) is 0 Å². The lowest BCUT2D eigenvalue weighted by Crippen LogP contribution is -2.04. The molecule has 0 aliphatic rings. The highest BCUT2D eigenvalue weighted by Crippen LogP contribution is 2.43. The van der Waals surface area contributed by atoms with Gasteiger partial charge in [-0.2, -0.15) is 0 Å². The number of rotatable bonds is 4. The van der Waals surface area contributed by atoms with Crippen LogP contribution in [0.5, 0.6) is 0 Å². The molecule has 15 heteroatoms. The van der Waals surface area contributed by atoms with Gasteiger partial charge in [-0.15, -0.1) is 0 Å². The molecule has 15 heterocycles. The Morgan fingerprint density at radius 3 is 0.754 bits per heavy atom. The van der Waals surface area contributed by atoms with Gasteiger partial charge in [0.15, 0.2) is 22.8 Å². The van der Waals surface area contributed by atoms with E-state index in [4.69, 9.17) is 14.4 Å². The predicted molar refractivity (Wildman–Crippen MR) is 249 cm³/mol. The number of hydrogen-bond donors (Lipinski definition) is 0. The summed E-state index contributed by atoms with van der Waals surface area (Å²) in [5, 5.41) is 9.26. The lowest BCUT2D eigenvalue weighted by molar-refractivity contribution is 0.658. The first-order chi connectivity index (χ1) is 32.3. The Bertz CT molecular complexity index is 4020. The van der Waals surface area contributed by atoms with Crippen molar-refractivity contribution in [1.29, 1.82) is 0 Å². The fourth-order valence-corrected chi connectivity index (χ4v) is 10.0. The summed E-state index contributed by atoms with van der Waals surface area (Å²) in [6, 6.07) is 20.3. The first kappa shape index (κ1) is 34.1. The minimum atomic E-state index is 0.570. The second-order valence-electron chi connectivity index (χ2n) is 15.9. The van der Waals surface area contributed by atoms with Crippen LogP contribution < -0.4 is 0 Å². The Hall–Kier alpha value is -9.50. The smallest absolute Gasteiger partial charge is 0.183 e. The quantitative estimate of drug-likeness (QED) is 0.166. The fraction of sp³-hybridized carbons (Fsp3) is 0. The van der Waals surface area contributed by atoms with Gasteiger partial charge in [0.2, 0.25) is 0 Å². The molecule has 0 aliphatic carbocycles. The molecule has 15 rings (SSSR count). The maximum atomic E-state index is 7.36. The fourth-order valence-electron chi connectivity index (χ4n) is 10.0. The molecule has 0 aromatic carbocycles. The van der Waals surface area contributed by atoms with Crippen molar-refractivity contribution in [2.45, 2.75) is 0 Å². The average Bonchev–Trinajstić information content (AvgIpc) is 4.17. The largest absolute Gasteiger partial charge is 0.448 e. The van der Waals surface area contributed by atoms with Gasteiger partial charge in [0, 0.05) is 153 Å². The van der Waals surface area contributed by atoms with Crippen LogP contribution in [-0.2, 0) is 0 Å². The van der Waals surface area contributed by atoms with E-state index < -0.39 is 0 Å². The monoisotopic (exact) mass is 838 g/mol. The summed E-state index contributed by atoms with van der Waals surface area (Å²) < 4.78 is 16.0. The third kappa shape index (κ3) is 4.51. The van der Waals surface area contributed by atoms with Crippen molar-refractivity contribution in [2.75, 3.05) is 0 Å². The van der Waals surface area contributed by atoms with Crippen LogP contribution in [0.2, 0.25) is 0 Å². The topological polar surface area (TPSA) is 162 Å². The van der Waals surface area contributed by atoms with Gasteiger partial charge in [0.1, 0.15) is 11.6 Å². The van der Waals surface area contributed by atoms with Crippen LogP contribution in [-0.4, -0.2) is 68.1 Å². The number of furan rings is 1. The Labute approximate surface area is 363 Å². The van der Waals surface area contributed by atoms with Crippen LogP contribution in [0.25, 0.3) is 132 Å². The summed E-state index contributed by atoms with van der Waals surface area (Å²) in [7, 11) is 0. The zero-order valence-corrected chi connectivity index (χ0v) is 33.7. The molecular weight excluding hydrogens is 813 g/mol. The molecule has 15 nitrogen and oxygen atoms in total. The Morgan fingerprint density at radius 2 is 0.508 bits per heavy atom. The molecular formula is C50H26N14O. The van der Waals surface area contributed by atoms with E-state index in [1.165, 1.54) is 0 Å². The molecule has 0 radical (unpaired) electrons. The number of nitrogens with zero attached hydrogens (tertiary/aromatic N) is 14. The number of fused-ring (bicyclic) bond motifs is 15. The van der Waals surface area contributed by atoms with Crippen molar-refractivity contribution in [3.63, 3.8) is 0 Å². The van der Waals surface area contributed by atoms with Crippen LogP contribution in [0.15, 0.2) is 164 Å². The zero-order valence-electron chi connectivity index (χ0n) is 33.7. The summed E-state index contributed by atoms with van der Waals surface area (Å²) in [5.74, 6) is 2.52. The highest BCUT2D eigenvalue weighted by molar-refractivity contribution is 6.16. The molecule has 302 valence electrons. The standard InChI is InChI=1S/C50H26N14O/c1-9-51-19-29-30-20-52-10-2-38(30)61(37(1)29)45-17-27-28-18-46(62-39-3-11-53-21-31(39)32-22-54-12-4-40(32)62)60-50(64-43-7-15-57-25-35(43)36-26-58-16-8-44(36)64)48(28)65-47(27)49(59-45)63-41-5-13-55-23-33(41)34-24-56-14-6-42(34)63/h1-26H. The van der Waals surface area contributed by atoms with Gasteiger partial charge in [-0.25, -0.2) is 9.97 Å². The van der Waals surface area contributed by atoms with E-state index in [1.54, 1.807) is 24.8 Å². The molecule has 0 fully saturated rings. The summed E-state index contributed by atoms with van der Waals surface area (Å²) in [6.45, 7) is 0. The SMILES string of the molecule is c1cc2c(cn1)c1cnccc1n2-c1cc2c(oc3c(-n4c5ccncc5c5cnccc54)nc(-n4c5ccncc5c5cnccc54)cc32)c(-n2c3ccncc3c3cnccc32)n1. The summed E-state index contributed by atoms with van der Waals surface area (Å²) >= 11 is 0. The van der Waals surface area contributed by atoms with Gasteiger partial charge >= 0.3 is 0 Å². The Morgan fingerprint density at radius 1 is 0.277 bits per heavy atom. The lowest BCUT2D eigenvalue weighted by atomic mass is 10.2. The Balaban J connectivity index is 1.17. The molecule has 0 saturated carbocycles. The van der Waals surface area contributed by atoms with Crippen molar-refractivity contribution in [1.82, 2.24) is 68.1 Å². The minimum absolute atomic E-state index is 0.570. The lowest BCUT2D eigenvalue weighted by Gasteiger charge is -2.13. The molecule has 0 unspecified atom stereocenters. The van der Waals surface area contributed by atoms with Gasteiger partial charge in [-0.1, -0.05) is 0 Å². The third-order valence-electron chi connectivity index (χ3n) is 12.7. The average molecular weight is 839 g/mol. The van der Waals surface area contributed by atoms with Crippen molar-refractivity contribution in [3.05, 3.63) is 160 Å². The zero-order chi connectivity index (χ0) is 42.3. The molecule has 0 spiro atoms. The van der Waals surface area contributed by atoms with Crippen molar-refractivity contribution in [2.24, 2.45) is 0 Å². The van der Waals surface area contributed by atoms with Gasteiger partial charge in [0.25, 0.3) is 0 Å². The van der Waals surface area contributed by atoms with Gasteiger partial charge in [-0.05, 0) is 60.7 Å².